The quantitative estimate of drug-likeness (QED) is 0.847. The molecule has 7 heteroatoms. The van der Waals surface area contributed by atoms with Gasteiger partial charge in [-0.15, -0.1) is 0 Å². The Morgan fingerprint density at radius 3 is 2.54 bits per heavy atom. The highest BCUT2D eigenvalue weighted by Gasteiger charge is 2.34. The van der Waals surface area contributed by atoms with Gasteiger partial charge in [-0.25, -0.2) is 13.1 Å². The number of hydrogen-bond donors (Lipinski definition) is 1. The second-order valence-electron chi connectivity index (χ2n) is 7.89. The maximum absolute atomic E-state index is 13.0. The third-order valence-corrected chi connectivity index (χ3v) is 7.95. The molecule has 3 fully saturated rings. The summed E-state index contributed by atoms with van der Waals surface area (Å²) in [5.41, 5.74) is 0.403. The first-order valence-electron chi connectivity index (χ1n) is 9.55. The van der Waals surface area contributed by atoms with Crippen LogP contribution in [-0.4, -0.2) is 38.4 Å². The molecule has 2 atom stereocenters. The molecule has 1 amide bonds. The molecule has 1 aliphatic heterocycles. The molecule has 1 heterocycles. The van der Waals surface area contributed by atoms with Crippen LogP contribution in [0.5, 0.6) is 0 Å². The lowest BCUT2D eigenvalue weighted by Gasteiger charge is -2.41. The summed E-state index contributed by atoms with van der Waals surface area (Å²) in [6.07, 6.45) is 7.79. The first-order chi connectivity index (χ1) is 12.4. The average Bonchev–Trinajstić information content (AvgIpc) is 3.44. The molecular weight excluding hydrogens is 372 g/mol. The van der Waals surface area contributed by atoms with Crippen molar-refractivity contribution in [2.45, 2.75) is 55.9 Å². The van der Waals surface area contributed by atoms with Crippen molar-refractivity contribution in [2.75, 3.05) is 13.1 Å². The molecule has 0 unspecified atom stereocenters. The Balaban J connectivity index is 1.53. The lowest BCUT2D eigenvalue weighted by Crippen LogP contribution is -2.44. The van der Waals surface area contributed by atoms with E-state index in [0.29, 0.717) is 11.5 Å². The number of sulfonamides is 1. The Bertz CT molecular complexity index is 807. The van der Waals surface area contributed by atoms with Gasteiger partial charge in [0.1, 0.15) is 4.90 Å². The highest BCUT2D eigenvalue weighted by atomic mass is 35.5. The summed E-state index contributed by atoms with van der Waals surface area (Å²) in [6.45, 7) is 1.54. The number of rotatable bonds is 4. The van der Waals surface area contributed by atoms with Crippen molar-refractivity contribution < 1.29 is 13.2 Å². The Kier molecular flexibility index (Phi) is 5.01. The molecular formula is C19H25ClN2O3S. The first-order valence-corrected chi connectivity index (χ1v) is 11.4. The number of carbonyl (C=O) groups excluding carboxylic acids is 1. The standard InChI is InChI=1S/C19H25ClN2O3S/c20-17-8-5-14(11-18(17)26(24,25)21-16-6-7-16)19(23)22-10-9-13-3-1-2-4-15(13)12-22/h5,8,11,13,15-16,21H,1-4,6-7,9-10,12H2/t13-,15-/m0/s1. The van der Waals surface area contributed by atoms with Crippen LogP contribution in [0.1, 0.15) is 55.3 Å². The molecule has 0 bridgehead atoms. The first kappa shape index (κ1) is 18.3. The number of halogens is 1. The van der Waals surface area contributed by atoms with Crippen LogP contribution in [0.25, 0.3) is 0 Å². The van der Waals surface area contributed by atoms with Gasteiger partial charge in [0.15, 0.2) is 0 Å². The van der Waals surface area contributed by atoms with E-state index in [9.17, 15) is 13.2 Å². The zero-order valence-electron chi connectivity index (χ0n) is 14.8. The molecule has 26 heavy (non-hydrogen) atoms. The van der Waals surface area contributed by atoms with Crippen LogP contribution >= 0.6 is 11.6 Å². The molecule has 1 aromatic rings. The van der Waals surface area contributed by atoms with Crippen LogP contribution in [0.3, 0.4) is 0 Å². The number of nitrogens with one attached hydrogen (secondary N) is 1. The van der Waals surface area contributed by atoms with Crippen molar-refractivity contribution in [3.63, 3.8) is 0 Å². The number of piperidine rings is 1. The van der Waals surface area contributed by atoms with E-state index in [0.717, 1.165) is 38.3 Å². The van der Waals surface area contributed by atoms with Crippen LogP contribution in [0, 0.1) is 11.8 Å². The SMILES string of the molecule is O=C(c1ccc(Cl)c(S(=O)(=O)NC2CC2)c1)N1CC[C@@H]2CCCC[C@H]2C1. The molecule has 0 spiro atoms. The predicted molar refractivity (Wildman–Crippen MR) is 101 cm³/mol. The van der Waals surface area contributed by atoms with Gasteiger partial charge < -0.3 is 4.90 Å². The molecule has 3 aliphatic rings. The van der Waals surface area contributed by atoms with E-state index in [1.54, 1.807) is 6.07 Å². The van der Waals surface area contributed by atoms with E-state index in [2.05, 4.69) is 4.72 Å². The van der Waals surface area contributed by atoms with Gasteiger partial charge in [-0.05, 0) is 55.7 Å². The minimum atomic E-state index is -3.69. The summed E-state index contributed by atoms with van der Waals surface area (Å²) in [7, 11) is -3.69. The van der Waals surface area contributed by atoms with Crippen LogP contribution in [-0.2, 0) is 10.0 Å². The maximum atomic E-state index is 13.0. The van der Waals surface area contributed by atoms with Crippen molar-refractivity contribution in [2.24, 2.45) is 11.8 Å². The fraction of sp³-hybridized carbons (Fsp3) is 0.632. The van der Waals surface area contributed by atoms with Crippen molar-refractivity contribution >= 4 is 27.5 Å². The summed E-state index contributed by atoms with van der Waals surface area (Å²) in [5, 5.41) is 0.153. The van der Waals surface area contributed by atoms with Gasteiger partial charge in [-0.2, -0.15) is 0 Å². The van der Waals surface area contributed by atoms with Gasteiger partial charge in [0.25, 0.3) is 5.91 Å². The third-order valence-electron chi connectivity index (χ3n) is 5.95. The summed E-state index contributed by atoms with van der Waals surface area (Å²) in [6, 6.07) is 4.58. The van der Waals surface area contributed by atoms with Gasteiger partial charge in [0.05, 0.1) is 5.02 Å². The van der Waals surface area contributed by atoms with Crippen LogP contribution in [0.15, 0.2) is 23.1 Å². The second-order valence-corrected chi connectivity index (χ2v) is 9.97. The zero-order chi connectivity index (χ0) is 18.3. The van der Waals surface area contributed by atoms with Crippen LogP contribution in [0.2, 0.25) is 5.02 Å². The summed E-state index contributed by atoms with van der Waals surface area (Å²) >= 11 is 6.12. The molecule has 142 valence electrons. The minimum Gasteiger partial charge on any atom is -0.338 e. The monoisotopic (exact) mass is 396 g/mol. The van der Waals surface area contributed by atoms with Gasteiger partial charge in [0, 0.05) is 24.7 Å². The molecule has 1 aromatic carbocycles. The van der Waals surface area contributed by atoms with E-state index in [1.807, 2.05) is 4.90 Å². The fourth-order valence-electron chi connectivity index (χ4n) is 4.29. The molecule has 0 aromatic heterocycles. The zero-order valence-corrected chi connectivity index (χ0v) is 16.4. The minimum absolute atomic E-state index is 0.000698. The van der Waals surface area contributed by atoms with Gasteiger partial charge >= 0.3 is 0 Å². The second kappa shape index (κ2) is 7.13. The predicted octanol–water partition coefficient (Wildman–Crippen LogP) is 3.43. The largest absolute Gasteiger partial charge is 0.338 e. The van der Waals surface area contributed by atoms with E-state index in [4.69, 9.17) is 11.6 Å². The molecule has 0 radical (unpaired) electrons. The molecule has 4 rings (SSSR count). The number of fused-ring (bicyclic) bond motifs is 1. The Hall–Kier alpha value is -1.11. The molecule has 5 nitrogen and oxygen atoms in total. The van der Waals surface area contributed by atoms with Gasteiger partial charge in [-0.3, -0.25) is 4.79 Å². The number of amides is 1. The summed E-state index contributed by atoms with van der Waals surface area (Å²) in [4.78, 5) is 14.9. The fourth-order valence-corrected chi connectivity index (χ4v) is 6.12. The number of benzene rings is 1. The maximum Gasteiger partial charge on any atom is 0.253 e. The lowest BCUT2D eigenvalue weighted by molar-refractivity contribution is 0.0520. The van der Waals surface area contributed by atoms with E-state index in [-0.39, 0.29) is 21.9 Å². The summed E-state index contributed by atoms with van der Waals surface area (Å²) < 4.78 is 27.7. The number of hydrogen-bond acceptors (Lipinski definition) is 3. The number of likely N-dealkylation sites (tertiary alicyclic amines) is 1. The van der Waals surface area contributed by atoms with E-state index in [1.165, 1.54) is 37.8 Å². The molecule has 2 saturated carbocycles. The smallest absolute Gasteiger partial charge is 0.253 e. The van der Waals surface area contributed by atoms with Gasteiger partial charge in [0.2, 0.25) is 10.0 Å². The normalized spacial score (nSPS) is 26.4. The van der Waals surface area contributed by atoms with Gasteiger partial charge in [-0.1, -0.05) is 30.9 Å². The highest BCUT2D eigenvalue weighted by molar-refractivity contribution is 7.89. The summed E-state index contributed by atoms with van der Waals surface area (Å²) in [5.74, 6) is 1.25. The molecule has 2 aliphatic carbocycles. The molecule has 1 N–H and O–H groups in total. The highest BCUT2D eigenvalue weighted by Crippen LogP contribution is 2.36. The van der Waals surface area contributed by atoms with Crippen LogP contribution in [0.4, 0.5) is 0 Å². The Labute approximate surface area is 160 Å². The van der Waals surface area contributed by atoms with Crippen LogP contribution < -0.4 is 4.72 Å². The third kappa shape index (κ3) is 3.78. The Morgan fingerprint density at radius 2 is 1.81 bits per heavy atom. The number of nitrogens with zero attached hydrogens (tertiary/aromatic N) is 1. The van der Waals surface area contributed by atoms with E-state index >= 15 is 0 Å². The topological polar surface area (TPSA) is 66.5 Å². The van der Waals surface area contributed by atoms with E-state index < -0.39 is 10.0 Å². The average molecular weight is 397 g/mol. The molecule has 1 saturated heterocycles. The Morgan fingerprint density at radius 1 is 1.08 bits per heavy atom. The number of carbonyl (C=O) groups is 1. The van der Waals surface area contributed by atoms with Crippen molar-refractivity contribution in [3.8, 4) is 0 Å². The van der Waals surface area contributed by atoms with Crippen molar-refractivity contribution in [1.82, 2.24) is 9.62 Å². The van der Waals surface area contributed by atoms with Crippen molar-refractivity contribution in [3.05, 3.63) is 28.8 Å². The van der Waals surface area contributed by atoms with Crippen molar-refractivity contribution in [1.29, 1.82) is 0 Å². The lowest BCUT2D eigenvalue weighted by atomic mass is 9.75.